The van der Waals surface area contributed by atoms with Gasteiger partial charge in [-0.05, 0) is 48.7 Å². The van der Waals surface area contributed by atoms with E-state index >= 15 is 0 Å². The molecule has 162 valence electrons. The van der Waals surface area contributed by atoms with E-state index in [2.05, 4.69) is 24.4 Å². The van der Waals surface area contributed by atoms with Gasteiger partial charge >= 0.3 is 12.1 Å². The van der Waals surface area contributed by atoms with E-state index in [-0.39, 0.29) is 12.2 Å². The van der Waals surface area contributed by atoms with Crippen LogP contribution in [0.25, 0.3) is 0 Å². The maximum atomic E-state index is 13.2. The summed E-state index contributed by atoms with van der Waals surface area (Å²) in [5.74, 6) is -1.52. The van der Waals surface area contributed by atoms with Gasteiger partial charge in [-0.1, -0.05) is 42.5 Å². The fourth-order valence-electron chi connectivity index (χ4n) is 3.70. The third-order valence-corrected chi connectivity index (χ3v) is 6.43. The van der Waals surface area contributed by atoms with E-state index in [1.54, 1.807) is 53.8 Å². The minimum absolute atomic E-state index is 0.133. The van der Waals surface area contributed by atoms with E-state index in [1.807, 2.05) is 12.1 Å². The van der Waals surface area contributed by atoms with Crippen molar-refractivity contribution < 1.29 is 18.0 Å². The number of halogens is 3. The Morgan fingerprint density at radius 2 is 1.77 bits per heavy atom. The molecule has 1 heterocycles. The summed E-state index contributed by atoms with van der Waals surface area (Å²) in [5.41, 5.74) is 1.95. The minimum Gasteiger partial charge on any atom is -0.308 e. The van der Waals surface area contributed by atoms with Crippen molar-refractivity contribution >= 4 is 22.9 Å². The molecule has 2 aromatic carbocycles. The second-order valence-corrected chi connectivity index (χ2v) is 9.18. The molecule has 7 heteroatoms. The monoisotopic (exact) mass is 444 g/mol. The number of anilines is 1. The normalized spacial score (nSPS) is 18.1. The topological polar surface area (TPSA) is 32.3 Å². The molecule has 0 radical (unpaired) electrons. The lowest BCUT2D eigenvalue weighted by atomic mass is 10.1. The van der Waals surface area contributed by atoms with Crippen molar-refractivity contribution in [3.8, 4) is 0 Å². The number of carbonyl (C=O) groups is 1. The first-order valence-electron chi connectivity index (χ1n) is 10.1. The lowest BCUT2D eigenvalue weighted by Gasteiger charge is -2.24. The molecule has 1 amide bonds. The number of rotatable bonds is 7. The van der Waals surface area contributed by atoms with Crippen LogP contribution in [0, 0.1) is 6.92 Å². The zero-order valence-electron chi connectivity index (χ0n) is 17.0. The van der Waals surface area contributed by atoms with Gasteiger partial charge < -0.3 is 10.2 Å². The molecule has 3 aromatic rings. The zero-order chi connectivity index (χ0) is 22.0. The maximum Gasteiger partial charge on any atom is 0.471 e. The maximum absolute atomic E-state index is 13.2. The Morgan fingerprint density at radius 3 is 2.39 bits per heavy atom. The summed E-state index contributed by atoms with van der Waals surface area (Å²) in [6.45, 7) is 2.77. The van der Waals surface area contributed by atoms with Gasteiger partial charge in [-0.25, -0.2) is 0 Å². The quantitative estimate of drug-likeness (QED) is 0.500. The third kappa shape index (κ3) is 5.35. The van der Waals surface area contributed by atoms with Crippen LogP contribution in [0.5, 0.6) is 0 Å². The zero-order valence-corrected chi connectivity index (χ0v) is 17.8. The molecule has 0 bridgehead atoms. The fraction of sp³-hybridized carbons (Fsp3) is 0.292. The number of carbonyl (C=O) groups excluding carboxylic acids is 1. The largest absolute Gasteiger partial charge is 0.471 e. The summed E-state index contributed by atoms with van der Waals surface area (Å²) in [6, 6.07) is 20.2. The molecule has 1 saturated carbocycles. The summed E-state index contributed by atoms with van der Waals surface area (Å²) >= 11 is 1.77. The van der Waals surface area contributed by atoms with Gasteiger partial charge in [0.15, 0.2) is 0 Å². The summed E-state index contributed by atoms with van der Waals surface area (Å²) in [5, 5.41) is 3.54. The highest BCUT2D eigenvalue weighted by atomic mass is 32.1. The molecule has 3 nitrogen and oxygen atoms in total. The lowest BCUT2D eigenvalue weighted by molar-refractivity contribution is -0.170. The predicted octanol–water partition coefficient (Wildman–Crippen LogP) is 5.80. The highest BCUT2D eigenvalue weighted by Crippen LogP contribution is 2.41. The Kier molecular flexibility index (Phi) is 6.16. The molecule has 1 aromatic heterocycles. The molecule has 0 spiro atoms. The van der Waals surface area contributed by atoms with Crippen LogP contribution in [0.4, 0.5) is 18.9 Å². The fourth-order valence-corrected chi connectivity index (χ4v) is 4.54. The minimum atomic E-state index is -4.93. The van der Waals surface area contributed by atoms with Crippen LogP contribution in [0.15, 0.2) is 66.7 Å². The molecule has 4 rings (SSSR count). The first kappa shape index (κ1) is 21.6. The Morgan fingerprint density at radius 1 is 1.06 bits per heavy atom. The van der Waals surface area contributed by atoms with Crippen LogP contribution in [-0.2, 0) is 17.9 Å². The van der Waals surface area contributed by atoms with Gasteiger partial charge in [0.2, 0.25) is 0 Å². The molecule has 31 heavy (non-hydrogen) atoms. The van der Waals surface area contributed by atoms with E-state index in [9.17, 15) is 18.0 Å². The molecule has 1 N–H and O–H groups in total. The van der Waals surface area contributed by atoms with Gasteiger partial charge in [0.1, 0.15) is 0 Å². The van der Waals surface area contributed by atoms with Gasteiger partial charge in [-0.2, -0.15) is 13.2 Å². The number of nitrogens with one attached hydrogen (secondary N) is 1. The van der Waals surface area contributed by atoms with Crippen molar-refractivity contribution in [2.24, 2.45) is 0 Å². The van der Waals surface area contributed by atoms with Crippen molar-refractivity contribution in [2.75, 3.05) is 4.90 Å². The molecule has 0 aliphatic heterocycles. The number of nitrogens with zero attached hydrogens (tertiary/aromatic N) is 1. The van der Waals surface area contributed by atoms with Gasteiger partial charge in [-0.3, -0.25) is 4.79 Å². The number of amides is 1. The van der Waals surface area contributed by atoms with Crippen LogP contribution in [0.3, 0.4) is 0 Å². The molecule has 1 aliphatic rings. The molecule has 2 atom stereocenters. The SMILES string of the molecule is Cc1ccc(CNC2CC2c2ccc(N(Cc3ccccc3)C(=O)C(F)(F)F)cc2)s1. The van der Waals surface area contributed by atoms with Gasteiger partial charge in [0.05, 0.1) is 6.54 Å². The Hall–Kier alpha value is -2.64. The van der Waals surface area contributed by atoms with Crippen molar-refractivity contribution in [1.82, 2.24) is 5.32 Å². The van der Waals surface area contributed by atoms with E-state index < -0.39 is 12.1 Å². The van der Waals surface area contributed by atoms with Crippen molar-refractivity contribution in [3.63, 3.8) is 0 Å². The Bertz CT molecular complexity index is 1030. The molecular formula is C24H23F3N2OS. The van der Waals surface area contributed by atoms with Crippen LogP contribution < -0.4 is 10.2 Å². The molecule has 0 saturated heterocycles. The number of hydrogen-bond acceptors (Lipinski definition) is 3. The third-order valence-electron chi connectivity index (χ3n) is 5.43. The molecule has 2 unspecified atom stereocenters. The van der Waals surface area contributed by atoms with Crippen molar-refractivity contribution in [3.05, 3.63) is 87.6 Å². The number of aryl methyl sites for hydroxylation is 1. The first-order chi connectivity index (χ1) is 14.8. The molecule has 1 fully saturated rings. The summed E-state index contributed by atoms with van der Waals surface area (Å²) in [4.78, 5) is 15.4. The number of thiophene rings is 1. The average Bonchev–Trinajstić information content (AvgIpc) is 3.42. The van der Waals surface area contributed by atoms with Gasteiger partial charge in [-0.15, -0.1) is 11.3 Å². The lowest BCUT2D eigenvalue weighted by Crippen LogP contribution is -2.40. The second-order valence-electron chi connectivity index (χ2n) is 7.81. The van der Waals surface area contributed by atoms with E-state index in [0.29, 0.717) is 17.5 Å². The molecular weight excluding hydrogens is 421 g/mol. The summed E-state index contributed by atoms with van der Waals surface area (Å²) < 4.78 is 39.6. The van der Waals surface area contributed by atoms with Crippen LogP contribution in [0.1, 0.15) is 33.2 Å². The second kappa shape index (κ2) is 8.85. The van der Waals surface area contributed by atoms with Crippen molar-refractivity contribution in [2.45, 2.75) is 44.6 Å². The number of benzene rings is 2. The van der Waals surface area contributed by atoms with E-state index in [1.165, 1.54) is 9.75 Å². The Labute approximate surface area is 183 Å². The van der Waals surface area contributed by atoms with Gasteiger partial charge in [0, 0.05) is 33.9 Å². The van der Waals surface area contributed by atoms with E-state index in [4.69, 9.17) is 0 Å². The smallest absolute Gasteiger partial charge is 0.308 e. The number of alkyl halides is 3. The number of hydrogen-bond donors (Lipinski definition) is 1. The van der Waals surface area contributed by atoms with Crippen molar-refractivity contribution in [1.29, 1.82) is 0 Å². The highest BCUT2D eigenvalue weighted by Gasteiger charge is 2.43. The highest BCUT2D eigenvalue weighted by molar-refractivity contribution is 7.11. The van der Waals surface area contributed by atoms with Gasteiger partial charge in [0.25, 0.3) is 0 Å². The summed E-state index contributed by atoms with van der Waals surface area (Å²) in [7, 11) is 0. The van der Waals surface area contributed by atoms with Crippen LogP contribution in [0.2, 0.25) is 0 Å². The summed E-state index contributed by atoms with van der Waals surface area (Å²) in [6.07, 6.45) is -3.93. The first-order valence-corrected chi connectivity index (χ1v) is 10.9. The van der Waals surface area contributed by atoms with Crippen LogP contribution in [-0.4, -0.2) is 18.1 Å². The average molecular weight is 445 g/mol. The van der Waals surface area contributed by atoms with E-state index in [0.717, 1.165) is 23.4 Å². The molecule has 1 aliphatic carbocycles. The predicted molar refractivity (Wildman–Crippen MR) is 117 cm³/mol. The van der Waals surface area contributed by atoms with Crippen LogP contribution >= 0.6 is 11.3 Å². The Balaban J connectivity index is 1.43. The standard InChI is InChI=1S/C24H23F3N2OS/c1-16-7-12-20(31-16)14-28-22-13-21(22)18-8-10-19(11-9-18)29(23(30)24(25,26)27)15-17-5-3-2-4-6-17/h2-12,21-22,28H,13-15H2,1H3.